The van der Waals surface area contributed by atoms with Crippen LogP contribution in [-0.2, 0) is 19.3 Å². The molecule has 126 valence electrons. The zero-order valence-electron chi connectivity index (χ0n) is 14.3. The van der Waals surface area contributed by atoms with E-state index in [1.165, 1.54) is 11.1 Å². The maximum absolute atomic E-state index is 11.1. The van der Waals surface area contributed by atoms with Crippen LogP contribution in [0.15, 0.2) is 42.5 Å². The van der Waals surface area contributed by atoms with Crippen molar-refractivity contribution in [1.82, 2.24) is 0 Å². The number of ether oxygens (including phenoxy) is 1. The van der Waals surface area contributed by atoms with Gasteiger partial charge in [-0.1, -0.05) is 37.6 Å². The Hall–Kier alpha value is -2.29. The van der Waals surface area contributed by atoms with E-state index in [0.717, 1.165) is 43.4 Å². The van der Waals surface area contributed by atoms with Crippen molar-refractivity contribution in [3.8, 4) is 5.75 Å². The number of rotatable bonds is 5. The number of aromatic carboxylic acids is 1. The molecule has 1 aliphatic rings. The molecule has 1 heterocycles. The van der Waals surface area contributed by atoms with Gasteiger partial charge in [0.25, 0.3) is 0 Å². The van der Waals surface area contributed by atoms with E-state index in [1.807, 2.05) is 0 Å². The molecule has 3 rings (SSSR count). The first-order valence-corrected chi connectivity index (χ1v) is 8.62. The van der Waals surface area contributed by atoms with Gasteiger partial charge in [0.2, 0.25) is 0 Å². The van der Waals surface area contributed by atoms with E-state index in [4.69, 9.17) is 9.84 Å². The fourth-order valence-corrected chi connectivity index (χ4v) is 3.39. The molecule has 0 aromatic heterocycles. The quantitative estimate of drug-likeness (QED) is 0.870. The third-order valence-corrected chi connectivity index (χ3v) is 4.73. The summed E-state index contributed by atoms with van der Waals surface area (Å²) in [5.41, 5.74) is 3.73. The third kappa shape index (κ3) is 3.61. The lowest BCUT2D eigenvalue weighted by atomic mass is 9.86. The Morgan fingerprint density at radius 1 is 1.17 bits per heavy atom. The molecule has 1 aliphatic heterocycles. The summed E-state index contributed by atoms with van der Waals surface area (Å²) in [4.78, 5) is 11.1. The first-order chi connectivity index (χ1) is 11.5. The molecular weight excluding hydrogens is 300 g/mol. The van der Waals surface area contributed by atoms with Crippen LogP contribution in [0.1, 0.15) is 53.7 Å². The summed E-state index contributed by atoms with van der Waals surface area (Å²) in [5.74, 6) is -0.0744. The van der Waals surface area contributed by atoms with Crippen molar-refractivity contribution in [3.63, 3.8) is 0 Å². The number of fused-ring (bicyclic) bond motifs is 1. The largest absolute Gasteiger partial charge is 0.487 e. The number of benzene rings is 2. The average Bonchev–Trinajstić information content (AvgIpc) is 2.56. The Labute approximate surface area is 143 Å². The van der Waals surface area contributed by atoms with Gasteiger partial charge in [-0.2, -0.15) is 0 Å². The second-order valence-electron chi connectivity index (χ2n) is 6.92. The molecule has 1 atom stereocenters. The SMILES string of the molecule is CCCc1ccc(CC2(C)CCc3cc(C(=O)O)ccc3O2)cc1. The van der Waals surface area contributed by atoms with Gasteiger partial charge >= 0.3 is 5.97 Å². The Balaban J connectivity index is 1.74. The zero-order valence-corrected chi connectivity index (χ0v) is 14.3. The van der Waals surface area contributed by atoms with Crippen molar-refractivity contribution in [2.75, 3.05) is 0 Å². The van der Waals surface area contributed by atoms with Gasteiger partial charge < -0.3 is 9.84 Å². The van der Waals surface area contributed by atoms with Crippen LogP contribution < -0.4 is 4.74 Å². The minimum Gasteiger partial charge on any atom is -0.487 e. The third-order valence-electron chi connectivity index (χ3n) is 4.73. The number of hydrogen-bond acceptors (Lipinski definition) is 2. The first kappa shape index (κ1) is 16.6. The molecule has 3 heteroatoms. The average molecular weight is 324 g/mol. The van der Waals surface area contributed by atoms with E-state index in [2.05, 4.69) is 38.1 Å². The van der Waals surface area contributed by atoms with E-state index < -0.39 is 5.97 Å². The maximum Gasteiger partial charge on any atom is 0.335 e. The van der Waals surface area contributed by atoms with E-state index >= 15 is 0 Å². The number of carbonyl (C=O) groups is 1. The molecule has 0 radical (unpaired) electrons. The lowest BCUT2D eigenvalue weighted by Gasteiger charge is -2.36. The molecule has 0 spiro atoms. The normalized spacial score (nSPS) is 19.4. The van der Waals surface area contributed by atoms with Crippen LogP contribution in [0.2, 0.25) is 0 Å². The molecule has 1 unspecified atom stereocenters. The molecule has 0 fully saturated rings. The van der Waals surface area contributed by atoms with Crippen LogP contribution in [0.25, 0.3) is 0 Å². The van der Waals surface area contributed by atoms with Gasteiger partial charge in [0.15, 0.2) is 0 Å². The summed E-state index contributed by atoms with van der Waals surface area (Å²) in [6, 6.07) is 13.9. The lowest BCUT2D eigenvalue weighted by Crippen LogP contribution is -2.38. The van der Waals surface area contributed by atoms with E-state index in [9.17, 15) is 4.79 Å². The van der Waals surface area contributed by atoms with Gasteiger partial charge in [0.1, 0.15) is 11.4 Å². The predicted molar refractivity (Wildman–Crippen MR) is 94.9 cm³/mol. The maximum atomic E-state index is 11.1. The highest BCUT2D eigenvalue weighted by Crippen LogP contribution is 2.35. The fraction of sp³-hybridized carbons (Fsp3) is 0.381. The molecule has 3 nitrogen and oxygen atoms in total. The number of carboxylic acid groups (broad SMARTS) is 1. The fourth-order valence-electron chi connectivity index (χ4n) is 3.39. The van der Waals surface area contributed by atoms with Crippen molar-refractivity contribution >= 4 is 5.97 Å². The molecule has 0 saturated carbocycles. The van der Waals surface area contributed by atoms with Crippen LogP contribution in [0.5, 0.6) is 5.75 Å². The highest BCUT2D eigenvalue weighted by Gasteiger charge is 2.32. The van der Waals surface area contributed by atoms with Crippen LogP contribution in [-0.4, -0.2) is 16.7 Å². The topological polar surface area (TPSA) is 46.5 Å². The highest BCUT2D eigenvalue weighted by molar-refractivity contribution is 5.88. The summed E-state index contributed by atoms with van der Waals surface area (Å²) in [5, 5.41) is 9.10. The van der Waals surface area contributed by atoms with Crippen molar-refractivity contribution < 1.29 is 14.6 Å². The van der Waals surface area contributed by atoms with Crippen LogP contribution in [0.4, 0.5) is 0 Å². The molecule has 1 N–H and O–H groups in total. The Kier molecular flexibility index (Phi) is 4.61. The van der Waals surface area contributed by atoms with Crippen molar-refractivity contribution in [3.05, 3.63) is 64.7 Å². The summed E-state index contributed by atoms with van der Waals surface area (Å²) >= 11 is 0. The number of hydrogen-bond donors (Lipinski definition) is 1. The van der Waals surface area contributed by atoms with Gasteiger partial charge in [-0.3, -0.25) is 0 Å². The van der Waals surface area contributed by atoms with Crippen LogP contribution in [0.3, 0.4) is 0 Å². The predicted octanol–water partition coefficient (Wildman–Crippen LogP) is 4.66. The summed E-state index contributed by atoms with van der Waals surface area (Å²) in [7, 11) is 0. The number of carboxylic acids is 1. The summed E-state index contributed by atoms with van der Waals surface area (Å²) in [6.07, 6.45) is 4.88. The molecule has 2 aromatic carbocycles. The van der Waals surface area contributed by atoms with Gasteiger partial charge in [0.05, 0.1) is 5.56 Å². The van der Waals surface area contributed by atoms with Gasteiger partial charge in [-0.15, -0.1) is 0 Å². The van der Waals surface area contributed by atoms with E-state index in [1.54, 1.807) is 18.2 Å². The summed E-state index contributed by atoms with van der Waals surface area (Å²) < 4.78 is 6.24. The van der Waals surface area contributed by atoms with Crippen LogP contribution in [0, 0.1) is 0 Å². The molecule has 0 aliphatic carbocycles. The summed E-state index contributed by atoms with van der Waals surface area (Å²) in [6.45, 7) is 4.33. The van der Waals surface area contributed by atoms with Crippen molar-refractivity contribution in [1.29, 1.82) is 0 Å². The van der Waals surface area contributed by atoms with Crippen LogP contribution >= 0.6 is 0 Å². The second-order valence-corrected chi connectivity index (χ2v) is 6.92. The van der Waals surface area contributed by atoms with Gasteiger partial charge in [-0.05, 0) is 61.1 Å². The Morgan fingerprint density at radius 2 is 1.88 bits per heavy atom. The van der Waals surface area contributed by atoms with Gasteiger partial charge in [-0.25, -0.2) is 4.79 Å². The standard InChI is InChI=1S/C21H24O3/c1-3-4-15-5-7-16(8-6-15)14-21(2)12-11-17-13-18(20(22)23)9-10-19(17)24-21/h5-10,13H,3-4,11-12,14H2,1-2H3,(H,22,23). The molecule has 0 amide bonds. The zero-order chi connectivity index (χ0) is 17.2. The molecule has 24 heavy (non-hydrogen) atoms. The lowest BCUT2D eigenvalue weighted by molar-refractivity contribution is 0.0649. The molecule has 0 bridgehead atoms. The first-order valence-electron chi connectivity index (χ1n) is 8.62. The molecule has 0 saturated heterocycles. The smallest absolute Gasteiger partial charge is 0.335 e. The second kappa shape index (κ2) is 6.68. The van der Waals surface area contributed by atoms with E-state index in [0.29, 0.717) is 5.56 Å². The van der Waals surface area contributed by atoms with E-state index in [-0.39, 0.29) is 5.60 Å². The minimum atomic E-state index is -0.890. The number of aryl methyl sites for hydroxylation is 2. The molecule has 2 aromatic rings. The Bertz CT molecular complexity index is 733. The minimum absolute atomic E-state index is 0.246. The Morgan fingerprint density at radius 3 is 2.54 bits per heavy atom. The molecular formula is C21H24O3. The van der Waals surface area contributed by atoms with Crippen molar-refractivity contribution in [2.24, 2.45) is 0 Å². The van der Waals surface area contributed by atoms with Gasteiger partial charge in [0, 0.05) is 6.42 Å². The monoisotopic (exact) mass is 324 g/mol. The van der Waals surface area contributed by atoms with Crippen molar-refractivity contribution in [2.45, 2.75) is 51.6 Å². The highest BCUT2D eigenvalue weighted by atomic mass is 16.5.